The number of carboxylic acid groups (broad SMARTS) is 1. The van der Waals surface area contributed by atoms with Crippen molar-refractivity contribution in [2.45, 2.75) is 5.92 Å². The number of rotatable bonds is 6. The van der Waals surface area contributed by atoms with Crippen molar-refractivity contribution < 1.29 is 14.7 Å². The van der Waals surface area contributed by atoms with Crippen LogP contribution in [0.2, 0.25) is 0 Å². The molecule has 0 saturated carbocycles. The predicted octanol–water partition coefficient (Wildman–Crippen LogP) is 2.58. The molecule has 0 aliphatic heterocycles. The lowest BCUT2D eigenvalue weighted by Gasteiger charge is -2.18. The number of benzene rings is 2. The lowest BCUT2D eigenvalue weighted by atomic mass is 9.91. The van der Waals surface area contributed by atoms with Crippen LogP contribution in [0.5, 0.6) is 0 Å². The van der Waals surface area contributed by atoms with Crippen molar-refractivity contribution >= 4 is 11.9 Å². The van der Waals surface area contributed by atoms with Crippen LogP contribution in [0.4, 0.5) is 0 Å². The molecule has 0 atom stereocenters. The van der Waals surface area contributed by atoms with Crippen LogP contribution in [-0.2, 0) is 9.59 Å². The Kier molecular flexibility index (Phi) is 5.49. The molecular formula is C18H17NO3. The molecule has 0 radical (unpaired) electrons. The number of amides is 1. The van der Waals surface area contributed by atoms with Crippen LogP contribution in [0.3, 0.4) is 0 Å². The SMILES string of the molecule is O=C(O)/C=C/C(=O)NCC(c1ccccc1)c1ccccc1. The van der Waals surface area contributed by atoms with Crippen molar-refractivity contribution in [3.05, 3.63) is 83.9 Å². The number of aliphatic carboxylic acids is 1. The van der Waals surface area contributed by atoms with Gasteiger partial charge in [-0.2, -0.15) is 0 Å². The molecule has 22 heavy (non-hydrogen) atoms. The largest absolute Gasteiger partial charge is 0.478 e. The Bertz CT molecular complexity index is 611. The number of nitrogens with one attached hydrogen (secondary N) is 1. The smallest absolute Gasteiger partial charge is 0.328 e. The van der Waals surface area contributed by atoms with E-state index in [9.17, 15) is 9.59 Å². The number of carboxylic acids is 1. The Morgan fingerprint density at radius 2 is 1.41 bits per heavy atom. The van der Waals surface area contributed by atoms with E-state index in [1.54, 1.807) is 0 Å². The molecule has 4 nitrogen and oxygen atoms in total. The lowest BCUT2D eigenvalue weighted by molar-refractivity contribution is -0.131. The van der Waals surface area contributed by atoms with Crippen molar-refractivity contribution in [2.75, 3.05) is 6.54 Å². The Morgan fingerprint density at radius 3 is 1.86 bits per heavy atom. The molecule has 2 N–H and O–H groups in total. The predicted molar refractivity (Wildman–Crippen MR) is 84.5 cm³/mol. The number of hydrogen-bond donors (Lipinski definition) is 2. The lowest BCUT2D eigenvalue weighted by Crippen LogP contribution is -2.27. The Hall–Kier alpha value is -2.88. The molecule has 2 aromatic rings. The molecule has 0 bridgehead atoms. The number of carbonyl (C=O) groups excluding carboxylic acids is 1. The zero-order valence-corrected chi connectivity index (χ0v) is 12.0. The van der Waals surface area contributed by atoms with Crippen molar-refractivity contribution in [1.82, 2.24) is 5.32 Å². The van der Waals surface area contributed by atoms with E-state index in [1.165, 1.54) is 0 Å². The van der Waals surface area contributed by atoms with E-state index < -0.39 is 11.9 Å². The summed E-state index contributed by atoms with van der Waals surface area (Å²) in [5, 5.41) is 11.3. The first-order valence-electron chi connectivity index (χ1n) is 6.95. The van der Waals surface area contributed by atoms with Gasteiger partial charge < -0.3 is 10.4 Å². The summed E-state index contributed by atoms with van der Waals surface area (Å²) in [6.45, 7) is 0.400. The van der Waals surface area contributed by atoms with Crippen LogP contribution in [0.1, 0.15) is 17.0 Å². The van der Waals surface area contributed by atoms with Gasteiger partial charge in [0.2, 0.25) is 5.91 Å². The van der Waals surface area contributed by atoms with E-state index in [-0.39, 0.29) is 5.92 Å². The summed E-state index contributed by atoms with van der Waals surface area (Å²) in [5.74, 6) is -1.54. The maximum absolute atomic E-state index is 11.7. The molecule has 0 saturated heterocycles. The zero-order chi connectivity index (χ0) is 15.8. The summed E-state index contributed by atoms with van der Waals surface area (Å²) >= 11 is 0. The van der Waals surface area contributed by atoms with Crippen molar-refractivity contribution in [2.24, 2.45) is 0 Å². The second-order valence-electron chi connectivity index (χ2n) is 4.79. The fourth-order valence-electron chi connectivity index (χ4n) is 2.21. The number of carbonyl (C=O) groups is 2. The molecular weight excluding hydrogens is 278 g/mol. The molecule has 2 rings (SSSR count). The molecule has 0 aliphatic rings. The van der Waals surface area contributed by atoms with Gasteiger partial charge in [-0.3, -0.25) is 4.79 Å². The van der Waals surface area contributed by atoms with Crippen LogP contribution in [0.25, 0.3) is 0 Å². The van der Waals surface area contributed by atoms with Crippen LogP contribution >= 0.6 is 0 Å². The minimum Gasteiger partial charge on any atom is -0.478 e. The first kappa shape index (κ1) is 15.5. The Labute approximate surface area is 129 Å². The van der Waals surface area contributed by atoms with Gasteiger partial charge >= 0.3 is 5.97 Å². The van der Waals surface area contributed by atoms with Crippen molar-refractivity contribution in [3.8, 4) is 0 Å². The molecule has 112 valence electrons. The second kappa shape index (κ2) is 7.78. The van der Waals surface area contributed by atoms with Gasteiger partial charge in [-0.1, -0.05) is 60.7 Å². The molecule has 0 spiro atoms. The minimum atomic E-state index is -1.14. The van der Waals surface area contributed by atoms with Crippen molar-refractivity contribution in [3.63, 3.8) is 0 Å². The van der Waals surface area contributed by atoms with E-state index in [0.29, 0.717) is 6.54 Å². The molecule has 4 heteroatoms. The summed E-state index contributed by atoms with van der Waals surface area (Å²) in [4.78, 5) is 22.1. The highest BCUT2D eigenvalue weighted by Gasteiger charge is 2.14. The fraction of sp³-hybridized carbons (Fsp3) is 0.111. The van der Waals surface area contributed by atoms with E-state index in [0.717, 1.165) is 23.3 Å². The zero-order valence-electron chi connectivity index (χ0n) is 12.0. The van der Waals surface area contributed by atoms with Crippen molar-refractivity contribution in [1.29, 1.82) is 0 Å². The van der Waals surface area contributed by atoms with Crippen LogP contribution < -0.4 is 5.32 Å². The standard InChI is InChI=1S/C18H17NO3/c20-17(11-12-18(21)22)19-13-16(14-7-3-1-4-8-14)15-9-5-2-6-10-15/h1-12,16H,13H2,(H,19,20)(H,21,22)/b12-11+. The fourth-order valence-corrected chi connectivity index (χ4v) is 2.21. The van der Waals surface area contributed by atoms with Crippen LogP contribution in [-0.4, -0.2) is 23.5 Å². The normalized spacial score (nSPS) is 10.8. The maximum Gasteiger partial charge on any atom is 0.328 e. The summed E-state index contributed by atoms with van der Waals surface area (Å²) < 4.78 is 0. The minimum absolute atomic E-state index is 0.0181. The molecule has 0 aliphatic carbocycles. The molecule has 0 unspecified atom stereocenters. The highest BCUT2D eigenvalue weighted by Crippen LogP contribution is 2.23. The van der Waals surface area contributed by atoms with E-state index in [2.05, 4.69) is 5.32 Å². The average Bonchev–Trinajstić information content (AvgIpc) is 2.55. The van der Waals surface area contributed by atoms with Gasteiger partial charge in [0.15, 0.2) is 0 Å². The van der Waals surface area contributed by atoms with Gasteiger partial charge in [0, 0.05) is 24.6 Å². The highest BCUT2D eigenvalue weighted by molar-refractivity contribution is 5.93. The third-order valence-corrected chi connectivity index (χ3v) is 3.26. The monoisotopic (exact) mass is 295 g/mol. The Morgan fingerprint density at radius 1 is 0.909 bits per heavy atom. The summed E-state index contributed by atoms with van der Waals surface area (Å²) in [6.07, 6.45) is 1.85. The summed E-state index contributed by atoms with van der Waals surface area (Å²) in [5.41, 5.74) is 2.19. The molecule has 0 fully saturated rings. The third kappa shape index (κ3) is 4.59. The van der Waals surface area contributed by atoms with Gasteiger partial charge in [0.25, 0.3) is 0 Å². The van der Waals surface area contributed by atoms with Gasteiger partial charge in [0.1, 0.15) is 0 Å². The molecule has 1 amide bonds. The van der Waals surface area contributed by atoms with Gasteiger partial charge in [-0.05, 0) is 11.1 Å². The second-order valence-corrected chi connectivity index (χ2v) is 4.79. The average molecular weight is 295 g/mol. The quantitative estimate of drug-likeness (QED) is 0.805. The van der Waals surface area contributed by atoms with E-state index >= 15 is 0 Å². The number of hydrogen-bond acceptors (Lipinski definition) is 2. The first-order valence-corrected chi connectivity index (χ1v) is 6.95. The van der Waals surface area contributed by atoms with E-state index in [4.69, 9.17) is 5.11 Å². The van der Waals surface area contributed by atoms with Gasteiger partial charge in [-0.15, -0.1) is 0 Å². The van der Waals surface area contributed by atoms with Crippen LogP contribution in [0.15, 0.2) is 72.8 Å². The van der Waals surface area contributed by atoms with Gasteiger partial charge in [0.05, 0.1) is 0 Å². The maximum atomic E-state index is 11.7. The molecule has 2 aromatic carbocycles. The third-order valence-electron chi connectivity index (χ3n) is 3.26. The molecule has 0 aromatic heterocycles. The summed E-state index contributed by atoms with van der Waals surface area (Å²) in [7, 11) is 0. The van der Waals surface area contributed by atoms with Gasteiger partial charge in [-0.25, -0.2) is 4.79 Å². The first-order chi connectivity index (χ1) is 10.7. The Balaban J connectivity index is 2.13. The van der Waals surface area contributed by atoms with Crippen LogP contribution in [0, 0.1) is 0 Å². The summed E-state index contributed by atoms with van der Waals surface area (Å²) in [6, 6.07) is 19.8. The van der Waals surface area contributed by atoms with E-state index in [1.807, 2.05) is 60.7 Å². The molecule has 0 heterocycles. The highest BCUT2D eigenvalue weighted by atomic mass is 16.4. The topological polar surface area (TPSA) is 66.4 Å².